The van der Waals surface area contributed by atoms with Gasteiger partial charge in [0.25, 0.3) is 5.91 Å². The average molecular weight is 621 g/mol. The predicted octanol–water partition coefficient (Wildman–Crippen LogP) is 4.47. The molecule has 0 aliphatic carbocycles. The van der Waals surface area contributed by atoms with Gasteiger partial charge in [-0.05, 0) is 64.7 Å². The number of aromatic nitrogens is 6. The smallest absolute Gasteiger partial charge is 0.276 e. The molecule has 13 heteroatoms. The van der Waals surface area contributed by atoms with Gasteiger partial charge in [0.15, 0.2) is 6.29 Å². The first-order chi connectivity index (χ1) is 21.7. The highest BCUT2D eigenvalue weighted by molar-refractivity contribution is 6.05. The summed E-state index contributed by atoms with van der Waals surface area (Å²) in [6.45, 7) is 10.5. The fourth-order valence-electron chi connectivity index (χ4n) is 5.55. The Bertz CT molecular complexity index is 1650. The molecule has 4 rings (SSSR count). The molecule has 0 spiro atoms. The van der Waals surface area contributed by atoms with Gasteiger partial charge >= 0.3 is 0 Å². The second-order valence-corrected chi connectivity index (χ2v) is 11.0. The topological polar surface area (TPSA) is 161 Å². The van der Waals surface area contributed by atoms with E-state index in [2.05, 4.69) is 15.5 Å². The Hall–Kier alpha value is -4.52. The first-order valence-corrected chi connectivity index (χ1v) is 15.5. The van der Waals surface area contributed by atoms with E-state index in [1.165, 1.54) is 0 Å². The number of carbonyl (C=O) groups excluding carboxylic acids is 3. The number of primary amides is 1. The number of methoxy groups -OCH3 is 1. The van der Waals surface area contributed by atoms with Crippen LogP contribution in [-0.4, -0.2) is 67.5 Å². The van der Waals surface area contributed by atoms with Gasteiger partial charge in [0.05, 0.1) is 23.5 Å². The van der Waals surface area contributed by atoms with Crippen LogP contribution in [0.15, 0.2) is 18.2 Å². The molecule has 2 amide bonds. The van der Waals surface area contributed by atoms with Crippen molar-refractivity contribution in [3.05, 3.63) is 52.1 Å². The fraction of sp³-hybridized carbons (Fsp3) is 0.500. The predicted molar refractivity (Wildman–Crippen MR) is 171 cm³/mol. The number of nitrogens with zero attached hydrogens (tertiary/aromatic N) is 6. The number of aldehydes is 1. The number of aryl methyl sites for hydroxylation is 5. The van der Waals surface area contributed by atoms with Crippen molar-refractivity contribution in [1.82, 2.24) is 29.1 Å². The highest BCUT2D eigenvalue weighted by Crippen LogP contribution is 2.32. The first kappa shape index (κ1) is 33.4. The highest BCUT2D eigenvalue weighted by Gasteiger charge is 2.24. The molecule has 0 saturated carbocycles. The average Bonchev–Trinajstić information content (AvgIpc) is 3.66. The van der Waals surface area contributed by atoms with Crippen LogP contribution < -0.4 is 15.8 Å². The maximum Gasteiger partial charge on any atom is 0.276 e. The quantitative estimate of drug-likeness (QED) is 0.122. The largest absolute Gasteiger partial charge is 0.491 e. The molecular formula is C32H44N8O5. The van der Waals surface area contributed by atoms with Gasteiger partial charge in [-0.3, -0.25) is 29.1 Å². The number of anilines is 1. The SMILES string of the molecule is CCCn1c(NC(=O)c2c(CCCCCn3nc(C)cc3C=O)c(C)nn2CC)nc2cc(C(N)=O)cc(OCCCOC)c21. The van der Waals surface area contributed by atoms with E-state index in [-0.39, 0.29) is 11.5 Å². The van der Waals surface area contributed by atoms with Gasteiger partial charge < -0.3 is 19.8 Å². The second kappa shape index (κ2) is 15.5. The van der Waals surface area contributed by atoms with Gasteiger partial charge in [-0.25, -0.2) is 4.98 Å². The molecule has 0 atom stereocenters. The lowest BCUT2D eigenvalue weighted by Crippen LogP contribution is -2.21. The summed E-state index contributed by atoms with van der Waals surface area (Å²) in [6, 6.07) is 5.02. The zero-order valence-corrected chi connectivity index (χ0v) is 26.9. The van der Waals surface area contributed by atoms with E-state index in [9.17, 15) is 14.4 Å². The molecule has 3 N–H and O–H groups in total. The number of ether oxygens (including phenoxy) is 2. The second-order valence-electron chi connectivity index (χ2n) is 11.0. The van der Waals surface area contributed by atoms with E-state index in [0.29, 0.717) is 79.8 Å². The molecule has 0 aliphatic rings. The molecule has 242 valence electrons. The molecule has 0 saturated heterocycles. The number of hydrogen-bond acceptors (Lipinski definition) is 8. The Balaban J connectivity index is 1.57. The van der Waals surface area contributed by atoms with Crippen LogP contribution in [0.2, 0.25) is 0 Å². The van der Waals surface area contributed by atoms with E-state index >= 15 is 0 Å². The normalized spacial score (nSPS) is 11.3. The minimum Gasteiger partial charge on any atom is -0.491 e. The number of imidazole rings is 1. The first-order valence-electron chi connectivity index (χ1n) is 15.5. The molecule has 3 aromatic heterocycles. The molecule has 45 heavy (non-hydrogen) atoms. The third kappa shape index (κ3) is 7.77. The van der Waals surface area contributed by atoms with Crippen molar-refractivity contribution in [3.63, 3.8) is 0 Å². The number of nitrogens with two attached hydrogens (primary N) is 1. The summed E-state index contributed by atoms with van der Waals surface area (Å²) >= 11 is 0. The molecule has 0 unspecified atom stereocenters. The Morgan fingerprint density at radius 2 is 1.80 bits per heavy atom. The van der Waals surface area contributed by atoms with Gasteiger partial charge in [0.1, 0.15) is 22.7 Å². The van der Waals surface area contributed by atoms with Crippen molar-refractivity contribution in [2.45, 2.75) is 85.9 Å². The minimum atomic E-state index is -0.592. The van der Waals surface area contributed by atoms with Crippen LogP contribution in [0.1, 0.15) is 94.2 Å². The van der Waals surface area contributed by atoms with E-state index in [1.54, 1.807) is 34.7 Å². The summed E-state index contributed by atoms with van der Waals surface area (Å²) in [7, 11) is 1.63. The molecule has 13 nitrogen and oxygen atoms in total. The Morgan fingerprint density at radius 1 is 1.00 bits per heavy atom. The van der Waals surface area contributed by atoms with Crippen LogP contribution in [0, 0.1) is 13.8 Å². The summed E-state index contributed by atoms with van der Waals surface area (Å²) in [5.74, 6) is -0.0710. The fourth-order valence-corrected chi connectivity index (χ4v) is 5.55. The van der Waals surface area contributed by atoms with E-state index in [4.69, 9.17) is 20.2 Å². The van der Waals surface area contributed by atoms with Crippen LogP contribution in [0.3, 0.4) is 0 Å². The van der Waals surface area contributed by atoms with E-state index in [0.717, 1.165) is 48.9 Å². The van der Waals surface area contributed by atoms with E-state index < -0.39 is 5.91 Å². The number of benzene rings is 1. The van der Waals surface area contributed by atoms with Crippen LogP contribution in [0.5, 0.6) is 5.75 Å². The van der Waals surface area contributed by atoms with Crippen LogP contribution in [0.25, 0.3) is 11.0 Å². The molecule has 0 fully saturated rings. The monoisotopic (exact) mass is 620 g/mol. The van der Waals surface area contributed by atoms with Crippen molar-refractivity contribution in [1.29, 1.82) is 0 Å². The number of rotatable bonds is 18. The Morgan fingerprint density at radius 3 is 2.49 bits per heavy atom. The lowest BCUT2D eigenvalue weighted by atomic mass is 10.0. The lowest BCUT2D eigenvalue weighted by molar-refractivity contribution is 0.0995. The number of amides is 2. The van der Waals surface area contributed by atoms with Gasteiger partial charge in [-0.2, -0.15) is 10.2 Å². The maximum atomic E-state index is 13.9. The molecular weight excluding hydrogens is 576 g/mol. The summed E-state index contributed by atoms with van der Waals surface area (Å²) < 4.78 is 16.6. The Kier molecular flexibility index (Phi) is 11.5. The summed E-state index contributed by atoms with van der Waals surface area (Å²) in [4.78, 5) is 42.1. The highest BCUT2D eigenvalue weighted by atomic mass is 16.5. The third-order valence-electron chi connectivity index (χ3n) is 7.63. The van der Waals surface area contributed by atoms with Crippen molar-refractivity contribution >= 4 is 35.1 Å². The molecule has 4 aromatic rings. The van der Waals surface area contributed by atoms with Crippen molar-refractivity contribution in [2.24, 2.45) is 5.73 Å². The van der Waals surface area contributed by atoms with Crippen molar-refractivity contribution < 1.29 is 23.9 Å². The lowest BCUT2D eigenvalue weighted by Gasteiger charge is -2.14. The van der Waals surface area contributed by atoms with Gasteiger partial charge in [-0.15, -0.1) is 0 Å². The molecule has 0 aliphatic heterocycles. The van der Waals surface area contributed by atoms with Crippen LogP contribution in [-0.2, 0) is 30.8 Å². The number of carbonyl (C=O) groups is 3. The van der Waals surface area contributed by atoms with Crippen molar-refractivity contribution in [2.75, 3.05) is 25.6 Å². The van der Waals surface area contributed by atoms with Crippen LogP contribution in [0.4, 0.5) is 5.95 Å². The summed E-state index contributed by atoms with van der Waals surface area (Å²) in [6.07, 6.45) is 5.55. The maximum absolute atomic E-state index is 13.9. The number of fused-ring (bicyclic) bond motifs is 1. The van der Waals surface area contributed by atoms with Gasteiger partial charge in [0.2, 0.25) is 11.9 Å². The zero-order valence-electron chi connectivity index (χ0n) is 26.9. The zero-order chi connectivity index (χ0) is 32.5. The standard InChI is InChI=1S/C32H44N8O5/c1-6-13-38-29-26(18-23(30(33)42)19-27(29)45-16-11-15-44-5)34-32(38)35-31(43)28-25(22(4)37-39(28)7-2)12-9-8-10-14-40-24(20-41)17-21(3)36-40/h17-20H,6-16H2,1-5H3,(H2,33,42)(H,34,35,43). The minimum absolute atomic E-state index is 0.273. The number of unbranched alkanes of at least 4 members (excludes halogenated alkanes) is 2. The molecule has 0 radical (unpaired) electrons. The summed E-state index contributed by atoms with van der Waals surface area (Å²) in [5, 5.41) is 12.1. The van der Waals surface area contributed by atoms with Crippen molar-refractivity contribution in [3.8, 4) is 5.75 Å². The van der Waals surface area contributed by atoms with Gasteiger partial charge in [0, 0.05) is 50.9 Å². The molecule has 0 bridgehead atoms. The third-order valence-corrected chi connectivity index (χ3v) is 7.63. The number of nitrogens with one attached hydrogen (secondary N) is 1. The molecule has 3 heterocycles. The van der Waals surface area contributed by atoms with Gasteiger partial charge in [-0.1, -0.05) is 13.3 Å². The summed E-state index contributed by atoms with van der Waals surface area (Å²) in [5.41, 5.74) is 10.7. The van der Waals surface area contributed by atoms with Crippen LogP contribution >= 0.6 is 0 Å². The van der Waals surface area contributed by atoms with E-state index in [1.807, 2.05) is 32.3 Å². The molecule has 1 aromatic carbocycles. The Labute approximate surface area is 263 Å². The number of hydrogen-bond donors (Lipinski definition) is 2.